The molecule has 0 saturated carbocycles. The molecule has 1 aromatic carbocycles. The normalized spacial score (nSPS) is 14.3. The number of amides is 1. The zero-order valence-corrected chi connectivity index (χ0v) is 18.9. The molecule has 4 heterocycles. The summed E-state index contributed by atoms with van der Waals surface area (Å²) in [5.41, 5.74) is 4.62. The summed E-state index contributed by atoms with van der Waals surface area (Å²) in [4.78, 5) is 36.0. The second-order valence-corrected chi connectivity index (χ2v) is 8.08. The Morgan fingerprint density at radius 2 is 1.97 bits per heavy atom. The number of hydrogen-bond donors (Lipinski definition) is 2. The lowest BCUT2D eigenvalue weighted by molar-refractivity contribution is -0.119. The number of piperazine rings is 1. The molecule has 10 nitrogen and oxygen atoms in total. The molecule has 2 N–H and O–H groups in total. The molecule has 1 aliphatic rings. The summed E-state index contributed by atoms with van der Waals surface area (Å²) in [6.45, 7) is 6.56. The number of ether oxygens (including phenoxy) is 1. The van der Waals surface area contributed by atoms with Crippen LogP contribution in [0.15, 0.2) is 48.9 Å². The molecular weight excluding hydrogens is 432 g/mol. The van der Waals surface area contributed by atoms with E-state index in [0.29, 0.717) is 18.4 Å². The van der Waals surface area contributed by atoms with Gasteiger partial charge in [0.1, 0.15) is 12.1 Å². The molecule has 5 rings (SSSR count). The Morgan fingerprint density at radius 3 is 2.79 bits per heavy atom. The molecule has 1 amide bonds. The van der Waals surface area contributed by atoms with Crippen molar-refractivity contribution < 1.29 is 9.53 Å². The topological polar surface area (TPSA) is 112 Å². The number of hydrogen-bond acceptors (Lipinski definition) is 8. The van der Waals surface area contributed by atoms with Crippen LogP contribution >= 0.6 is 0 Å². The smallest absolute Gasteiger partial charge is 0.216 e. The molecular formula is C24H26N8O2. The molecule has 0 atom stereocenters. The number of rotatable bonds is 8. The van der Waals surface area contributed by atoms with E-state index in [-0.39, 0.29) is 0 Å². The van der Waals surface area contributed by atoms with Crippen molar-refractivity contribution in [3.8, 4) is 17.1 Å². The number of anilines is 2. The number of carbonyl (C=O) groups excluding carboxylic acids is 1. The molecule has 1 aliphatic heterocycles. The molecule has 1 fully saturated rings. The first-order chi connectivity index (χ1) is 16.7. The van der Waals surface area contributed by atoms with Crippen molar-refractivity contribution in [1.29, 1.82) is 0 Å². The third kappa shape index (κ3) is 4.96. The average Bonchev–Trinajstić information content (AvgIpc) is 3.26. The Bertz CT molecular complexity index is 1280. The van der Waals surface area contributed by atoms with Gasteiger partial charge in [0, 0.05) is 50.6 Å². The average molecular weight is 459 g/mol. The van der Waals surface area contributed by atoms with Crippen LogP contribution in [0.4, 0.5) is 11.8 Å². The number of imidazole rings is 1. The van der Waals surface area contributed by atoms with Gasteiger partial charge in [-0.15, -0.1) is 0 Å². The SMILES string of the molecule is CCOc1cc(-c2ccc3nc(Nc4cc(CN5CCN(C=O)CC5)ccn4)[nH]c3c2)ncn1. The summed E-state index contributed by atoms with van der Waals surface area (Å²) in [7, 11) is 0. The van der Waals surface area contributed by atoms with Crippen molar-refractivity contribution in [2.24, 2.45) is 0 Å². The molecule has 0 radical (unpaired) electrons. The van der Waals surface area contributed by atoms with E-state index in [9.17, 15) is 4.79 Å². The molecule has 0 spiro atoms. The van der Waals surface area contributed by atoms with Crippen LogP contribution in [0, 0.1) is 0 Å². The second-order valence-electron chi connectivity index (χ2n) is 8.08. The predicted molar refractivity (Wildman–Crippen MR) is 129 cm³/mol. The molecule has 0 unspecified atom stereocenters. The van der Waals surface area contributed by atoms with Crippen molar-refractivity contribution in [2.45, 2.75) is 13.5 Å². The van der Waals surface area contributed by atoms with E-state index in [1.54, 1.807) is 6.20 Å². The number of nitrogens with one attached hydrogen (secondary N) is 2. The van der Waals surface area contributed by atoms with Crippen LogP contribution in [-0.4, -0.2) is 73.9 Å². The highest BCUT2D eigenvalue weighted by Gasteiger charge is 2.16. The Morgan fingerprint density at radius 1 is 1.09 bits per heavy atom. The lowest BCUT2D eigenvalue weighted by Crippen LogP contribution is -2.45. The van der Waals surface area contributed by atoms with E-state index < -0.39 is 0 Å². The van der Waals surface area contributed by atoms with Gasteiger partial charge in [0.05, 0.1) is 23.3 Å². The summed E-state index contributed by atoms with van der Waals surface area (Å²) in [5.74, 6) is 1.89. The van der Waals surface area contributed by atoms with E-state index in [0.717, 1.165) is 72.8 Å². The number of carbonyl (C=O) groups is 1. The fraction of sp³-hybridized carbons (Fsp3) is 0.292. The van der Waals surface area contributed by atoms with Crippen LogP contribution in [-0.2, 0) is 11.3 Å². The van der Waals surface area contributed by atoms with E-state index in [2.05, 4.69) is 35.1 Å². The van der Waals surface area contributed by atoms with E-state index in [1.807, 2.05) is 48.2 Å². The van der Waals surface area contributed by atoms with Crippen molar-refractivity contribution >= 4 is 29.2 Å². The highest BCUT2D eigenvalue weighted by atomic mass is 16.5. The zero-order valence-electron chi connectivity index (χ0n) is 18.9. The lowest BCUT2D eigenvalue weighted by Gasteiger charge is -2.32. The number of benzene rings is 1. The minimum atomic E-state index is 0.552. The molecule has 34 heavy (non-hydrogen) atoms. The fourth-order valence-electron chi connectivity index (χ4n) is 4.00. The number of H-pyrrole nitrogens is 1. The summed E-state index contributed by atoms with van der Waals surface area (Å²) >= 11 is 0. The van der Waals surface area contributed by atoms with Crippen molar-refractivity contribution in [3.63, 3.8) is 0 Å². The Balaban J connectivity index is 1.29. The second kappa shape index (κ2) is 9.84. The quantitative estimate of drug-likeness (QED) is 0.388. The molecule has 4 aromatic rings. The minimum absolute atomic E-state index is 0.552. The molecule has 0 aliphatic carbocycles. The Hall–Kier alpha value is -4.05. The minimum Gasteiger partial charge on any atom is -0.478 e. The zero-order chi connectivity index (χ0) is 23.3. The molecule has 10 heteroatoms. The van der Waals surface area contributed by atoms with Crippen LogP contribution in [0.25, 0.3) is 22.3 Å². The maximum atomic E-state index is 10.9. The Labute approximate surface area is 197 Å². The largest absolute Gasteiger partial charge is 0.478 e. The van der Waals surface area contributed by atoms with Gasteiger partial charge in [0.25, 0.3) is 0 Å². The maximum absolute atomic E-state index is 10.9. The molecule has 3 aromatic heterocycles. The standard InChI is InChI=1S/C24H26N8O2/c1-2-34-23-13-20(26-15-27-23)18-3-4-19-21(12-18)29-24(28-19)30-22-11-17(5-6-25-22)14-31-7-9-32(16-33)10-8-31/h3-6,11-13,15-16H,2,7-10,14H2,1H3,(H2,25,28,29,30). The van der Waals surface area contributed by atoms with Gasteiger partial charge in [0.15, 0.2) is 0 Å². The highest BCUT2D eigenvalue weighted by Crippen LogP contribution is 2.25. The number of aromatic nitrogens is 5. The van der Waals surface area contributed by atoms with E-state index >= 15 is 0 Å². The van der Waals surface area contributed by atoms with Gasteiger partial charge >= 0.3 is 0 Å². The number of fused-ring (bicyclic) bond motifs is 1. The van der Waals surface area contributed by atoms with Crippen LogP contribution in [0.2, 0.25) is 0 Å². The third-order valence-electron chi connectivity index (χ3n) is 5.74. The molecule has 1 saturated heterocycles. The van der Waals surface area contributed by atoms with Crippen molar-refractivity contribution in [1.82, 2.24) is 34.7 Å². The molecule has 174 valence electrons. The number of pyridine rings is 1. The number of aromatic amines is 1. The van der Waals surface area contributed by atoms with Gasteiger partial charge in [-0.3, -0.25) is 9.69 Å². The first-order valence-corrected chi connectivity index (χ1v) is 11.3. The summed E-state index contributed by atoms with van der Waals surface area (Å²) < 4.78 is 5.49. The van der Waals surface area contributed by atoms with Crippen LogP contribution in [0.5, 0.6) is 5.88 Å². The summed E-state index contributed by atoms with van der Waals surface area (Å²) in [6, 6.07) is 11.8. The van der Waals surface area contributed by atoms with E-state index in [1.165, 1.54) is 6.33 Å². The van der Waals surface area contributed by atoms with Crippen molar-refractivity contribution in [2.75, 3.05) is 38.1 Å². The lowest BCUT2D eigenvalue weighted by atomic mass is 10.1. The van der Waals surface area contributed by atoms with E-state index in [4.69, 9.17) is 4.74 Å². The fourth-order valence-corrected chi connectivity index (χ4v) is 4.00. The summed E-state index contributed by atoms with van der Waals surface area (Å²) in [6.07, 6.45) is 4.23. The third-order valence-corrected chi connectivity index (χ3v) is 5.74. The van der Waals surface area contributed by atoms with Gasteiger partial charge in [-0.1, -0.05) is 6.07 Å². The van der Waals surface area contributed by atoms with Crippen LogP contribution in [0.1, 0.15) is 12.5 Å². The van der Waals surface area contributed by atoms with Gasteiger partial charge in [-0.25, -0.2) is 19.9 Å². The number of nitrogens with zero attached hydrogens (tertiary/aromatic N) is 6. The highest BCUT2D eigenvalue weighted by molar-refractivity contribution is 5.83. The van der Waals surface area contributed by atoms with Crippen LogP contribution in [0.3, 0.4) is 0 Å². The van der Waals surface area contributed by atoms with Crippen molar-refractivity contribution in [3.05, 3.63) is 54.5 Å². The first-order valence-electron chi connectivity index (χ1n) is 11.3. The molecule has 0 bridgehead atoms. The maximum Gasteiger partial charge on any atom is 0.216 e. The Kier molecular flexibility index (Phi) is 6.30. The van der Waals surface area contributed by atoms with Gasteiger partial charge < -0.3 is 19.9 Å². The van der Waals surface area contributed by atoms with Gasteiger partial charge in [-0.2, -0.15) is 0 Å². The van der Waals surface area contributed by atoms with Gasteiger partial charge in [0.2, 0.25) is 18.2 Å². The van der Waals surface area contributed by atoms with Gasteiger partial charge in [-0.05, 0) is 36.8 Å². The van der Waals surface area contributed by atoms with Crippen LogP contribution < -0.4 is 10.1 Å². The first kappa shape index (κ1) is 21.8. The predicted octanol–water partition coefficient (Wildman–Crippen LogP) is 2.83. The summed E-state index contributed by atoms with van der Waals surface area (Å²) in [5, 5.41) is 3.28. The monoisotopic (exact) mass is 458 g/mol.